The van der Waals surface area contributed by atoms with Gasteiger partial charge in [-0.1, -0.05) is 40.5 Å². The molecule has 1 fully saturated rings. The van der Waals surface area contributed by atoms with Gasteiger partial charge < -0.3 is 0 Å². The van der Waals surface area contributed by atoms with Gasteiger partial charge in [-0.25, -0.2) is 5.43 Å². The number of halogens is 1. The minimum atomic E-state index is -0.0138. The Kier molecular flexibility index (Phi) is 6.60. The lowest BCUT2D eigenvalue weighted by atomic mass is 9.99. The van der Waals surface area contributed by atoms with Crippen molar-refractivity contribution in [1.29, 1.82) is 0 Å². The molecule has 1 aliphatic rings. The highest BCUT2D eigenvalue weighted by Gasteiger charge is 2.08. The van der Waals surface area contributed by atoms with Crippen LogP contribution in [0.4, 0.5) is 0 Å². The second kappa shape index (κ2) is 8.47. The molecular formula is C15H19BrN2OS. The van der Waals surface area contributed by atoms with E-state index < -0.39 is 0 Å². The molecule has 108 valence electrons. The van der Waals surface area contributed by atoms with Crippen molar-refractivity contribution in [3.05, 3.63) is 34.3 Å². The summed E-state index contributed by atoms with van der Waals surface area (Å²) < 4.78 is 1.09. The molecule has 0 aromatic heterocycles. The zero-order valence-electron chi connectivity index (χ0n) is 11.4. The molecule has 0 atom stereocenters. The smallest absolute Gasteiger partial charge is 0.250 e. The largest absolute Gasteiger partial charge is 0.272 e. The van der Waals surface area contributed by atoms with Crippen molar-refractivity contribution >= 4 is 39.3 Å². The third-order valence-corrected chi connectivity index (χ3v) is 4.97. The Bertz CT molecular complexity index is 483. The Labute approximate surface area is 132 Å². The summed E-state index contributed by atoms with van der Waals surface area (Å²) in [7, 11) is 0. The SMILES string of the molecule is O=C(CSCc1ccccc1Br)NN=C1CCCCC1. The minimum absolute atomic E-state index is 0.0138. The Morgan fingerprint density at radius 3 is 2.75 bits per heavy atom. The van der Waals surface area contributed by atoms with Gasteiger partial charge in [0.15, 0.2) is 0 Å². The number of rotatable bonds is 5. The van der Waals surface area contributed by atoms with Crippen molar-refractivity contribution in [3.8, 4) is 0 Å². The van der Waals surface area contributed by atoms with Crippen LogP contribution in [0.1, 0.15) is 37.7 Å². The lowest BCUT2D eigenvalue weighted by Crippen LogP contribution is -2.22. The molecule has 0 saturated heterocycles. The average Bonchev–Trinajstić information content (AvgIpc) is 2.48. The van der Waals surface area contributed by atoms with Crippen molar-refractivity contribution in [2.24, 2.45) is 5.10 Å². The van der Waals surface area contributed by atoms with Gasteiger partial charge >= 0.3 is 0 Å². The maximum absolute atomic E-state index is 11.7. The molecule has 0 radical (unpaired) electrons. The van der Waals surface area contributed by atoms with Crippen LogP contribution in [0.25, 0.3) is 0 Å². The Balaban J connectivity index is 1.69. The number of hydrogen-bond donors (Lipinski definition) is 1. The molecule has 20 heavy (non-hydrogen) atoms. The van der Waals surface area contributed by atoms with Gasteiger partial charge in [0.05, 0.1) is 5.75 Å². The highest BCUT2D eigenvalue weighted by molar-refractivity contribution is 9.10. The molecule has 0 unspecified atom stereocenters. The van der Waals surface area contributed by atoms with Crippen LogP contribution in [0.15, 0.2) is 33.8 Å². The fourth-order valence-electron chi connectivity index (χ4n) is 2.11. The van der Waals surface area contributed by atoms with Gasteiger partial charge in [0, 0.05) is 15.9 Å². The summed E-state index contributed by atoms with van der Waals surface area (Å²) >= 11 is 5.11. The molecule has 3 nitrogen and oxygen atoms in total. The molecule has 1 saturated carbocycles. The molecule has 0 spiro atoms. The summed E-state index contributed by atoms with van der Waals surface area (Å²) in [5.74, 6) is 1.25. The van der Waals surface area contributed by atoms with E-state index in [1.165, 1.54) is 24.8 Å². The Hall–Kier alpha value is -0.810. The molecule has 0 bridgehead atoms. The second-order valence-electron chi connectivity index (χ2n) is 4.86. The molecule has 1 amide bonds. The zero-order valence-corrected chi connectivity index (χ0v) is 13.8. The Morgan fingerprint density at radius 2 is 2.00 bits per heavy atom. The topological polar surface area (TPSA) is 41.5 Å². The number of nitrogens with zero attached hydrogens (tertiary/aromatic N) is 1. The van der Waals surface area contributed by atoms with Gasteiger partial charge in [-0.05, 0) is 37.3 Å². The van der Waals surface area contributed by atoms with E-state index in [2.05, 4.69) is 32.5 Å². The molecule has 0 aliphatic heterocycles. The quantitative estimate of drug-likeness (QED) is 0.808. The summed E-state index contributed by atoms with van der Waals surface area (Å²) in [4.78, 5) is 11.7. The van der Waals surface area contributed by atoms with Crippen LogP contribution < -0.4 is 5.43 Å². The first kappa shape index (κ1) is 15.6. The van der Waals surface area contributed by atoms with Crippen molar-refractivity contribution < 1.29 is 4.79 Å². The molecular weight excluding hydrogens is 336 g/mol. The fraction of sp³-hybridized carbons (Fsp3) is 0.467. The first-order valence-corrected chi connectivity index (χ1v) is 8.86. The fourth-order valence-corrected chi connectivity index (χ4v) is 3.55. The molecule has 1 N–H and O–H groups in total. The summed E-state index contributed by atoms with van der Waals surface area (Å²) in [5, 5.41) is 4.22. The summed E-state index contributed by atoms with van der Waals surface area (Å²) in [6.45, 7) is 0. The Morgan fingerprint density at radius 1 is 1.25 bits per heavy atom. The van der Waals surface area contributed by atoms with Crippen LogP contribution in [0, 0.1) is 0 Å². The monoisotopic (exact) mass is 354 g/mol. The van der Waals surface area contributed by atoms with Gasteiger partial charge in [0.2, 0.25) is 5.91 Å². The van der Waals surface area contributed by atoms with Gasteiger partial charge in [-0.3, -0.25) is 4.79 Å². The van der Waals surface area contributed by atoms with Crippen molar-refractivity contribution in [2.75, 3.05) is 5.75 Å². The van der Waals surface area contributed by atoms with Gasteiger partial charge in [0.1, 0.15) is 0 Å². The molecule has 1 aliphatic carbocycles. The average molecular weight is 355 g/mol. The van der Waals surface area contributed by atoms with Crippen LogP contribution in [0.3, 0.4) is 0 Å². The molecule has 1 aromatic rings. The highest BCUT2D eigenvalue weighted by atomic mass is 79.9. The molecule has 0 heterocycles. The second-order valence-corrected chi connectivity index (χ2v) is 6.70. The minimum Gasteiger partial charge on any atom is -0.272 e. The number of carbonyl (C=O) groups excluding carboxylic acids is 1. The van der Waals surface area contributed by atoms with E-state index in [0.717, 1.165) is 28.8 Å². The third-order valence-electron chi connectivity index (χ3n) is 3.22. The van der Waals surface area contributed by atoms with Gasteiger partial charge in [-0.2, -0.15) is 5.10 Å². The zero-order chi connectivity index (χ0) is 14.2. The van der Waals surface area contributed by atoms with Crippen molar-refractivity contribution in [3.63, 3.8) is 0 Å². The van der Waals surface area contributed by atoms with Crippen LogP contribution in [-0.2, 0) is 10.5 Å². The number of nitrogens with one attached hydrogen (secondary N) is 1. The van der Waals surface area contributed by atoms with E-state index in [-0.39, 0.29) is 5.91 Å². The number of hydrogen-bond acceptors (Lipinski definition) is 3. The predicted octanol–water partition coefficient (Wildman–Crippen LogP) is 4.12. The van der Waals surface area contributed by atoms with Gasteiger partial charge in [0.25, 0.3) is 0 Å². The third kappa shape index (κ3) is 5.29. The normalized spacial score (nSPS) is 14.9. The van der Waals surface area contributed by atoms with Crippen molar-refractivity contribution in [1.82, 2.24) is 5.43 Å². The van der Waals surface area contributed by atoms with E-state index in [4.69, 9.17) is 0 Å². The highest BCUT2D eigenvalue weighted by Crippen LogP contribution is 2.21. The number of benzene rings is 1. The number of carbonyl (C=O) groups is 1. The molecule has 1 aromatic carbocycles. The van der Waals surface area contributed by atoms with E-state index in [9.17, 15) is 4.79 Å². The van der Waals surface area contributed by atoms with E-state index >= 15 is 0 Å². The van der Waals surface area contributed by atoms with Gasteiger partial charge in [-0.15, -0.1) is 11.8 Å². The first-order valence-electron chi connectivity index (χ1n) is 6.91. The van der Waals surface area contributed by atoms with Crippen LogP contribution in [-0.4, -0.2) is 17.4 Å². The molecule has 5 heteroatoms. The maximum atomic E-state index is 11.7. The lowest BCUT2D eigenvalue weighted by Gasteiger charge is -2.11. The van der Waals surface area contributed by atoms with E-state index in [1.54, 1.807) is 11.8 Å². The summed E-state index contributed by atoms with van der Waals surface area (Å²) in [6, 6.07) is 8.09. The number of hydrazone groups is 1. The van der Waals surface area contributed by atoms with Crippen LogP contribution in [0.2, 0.25) is 0 Å². The van der Waals surface area contributed by atoms with Crippen LogP contribution >= 0.6 is 27.7 Å². The van der Waals surface area contributed by atoms with E-state index in [0.29, 0.717) is 5.75 Å². The summed E-state index contributed by atoms with van der Waals surface area (Å²) in [5.41, 5.74) is 5.02. The summed E-state index contributed by atoms with van der Waals surface area (Å²) in [6.07, 6.45) is 5.75. The van der Waals surface area contributed by atoms with Crippen molar-refractivity contribution in [2.45, 2.75) is 37.9 Å². The van der Waals surface area contributed by atoms with Crippen LogP contribution in [0.5, 0.6) is 0 Å². The number of thioether (sulfide) groups is 1. The first-order chi connectivity index (χ1) is 9.75. The number of amides is 1. The predicted molar refractivity (Wildman–Crippen MR) is 89.0 cm³/mol. The lowest BCUT2D eigenvalue weighted by molar-refractivity contribution is -0.118. The maximum Gasteiger partial charge on any atom is 0.250 e. The van der Waals surface area contributed by atoms with E-state index in [1.807, 2.05) is 18.2 Å². The standard InChI is InChI=1S/C15H19BrN2OS/c16-14-9-5-4-6-12(14)10-20-11-15(19)18-17-13-7-2-1-3-8-13/h4-6,9H,1-3,7-8,10-11H2,(H,18,19). The molecule has 2 rings (SSSR count).